The highest BCUT2D eigenvalue weighted by Gasteiger charge is 1.91. The Morgan fingerprint density at radius 1 is 1.22 bits per heavy atom. The van der Waals surface area contributed by atoms with Crippen LogP contribution in [-0.2, 0) is 0 Å². The van der Waals surface area contributed by atoms with Gasteiger partial charge >= 0.3 is 0 Å². The molecule has 0 unspecified atom stereocenters. The molecule has 0 aliphatic rings. The summed E-state index contributed by atoms with van der Waals surface area (Å²) < 4.78 is 0. The minimum absolute atomic E-state index is 0.920. The van der Waals surface area contributed by atoms with E-state index < -0.39 is 0 Å². The summed E-state index contributed by atoms with van der Waals surface area (Å²) in [6, 6.07) is 0. The third-order valence-electron chi connectivity index (χ3n) is 2.63. The van der Waals surface area contributed by atoms with Crippen molar-refractivity contribution in [1.29, 1.82) is 0 Å². The molecule has 0 heterocycles. The third kappa shape index (κ3) is 9.82. The van der Waals surface area contributed by atoms with Crippen LogP contribution in [0.4, 0.5) is 0 Å². The smallest absolute Gasteiger partial charge is 0.123 e. The molecule has 0 saturated heterocycles. The molecule has 3 nitrogen and oxygen atoms in total. The second-order valence-corrected chi connectivity index (χ2v) is 4.94. The quantitative estimate of drug-likeness (QED) is 0.220. The van der Waals surface area contributed by atoms with Crippen molar-refractivity contribution in [2.75, 3.05) is 14.1 Å². The lowest BCUT2D eigenvalue weighted by Gasteiger charge is -2.08. The molecule has 0 N–H and O–H groups in total. The van der Waals surface area contributed by atoms with E-state index in [0.717, 1.165) is 31.5 Å². The van der Waals surface area contributed by atoms with Crippen LogP contribution >= 0.6 is 0 Å². The van der Waals surface area contributed by atoms with Crippen LogP contribution in [0.3, 0.4) is 0 Å². The standard InChI is InChI=1S/C15H27N3/c1-13(2)10-11-14(3)9-7-8-12-16-17-15(4)18(5)6/h11-12H,1,7-10H2,2-6H3/b14-11+,16-12+,17-15-. The van der Waals surface area contributed by atoms with E-state index >= 15 is 0 Å². The Labute approximate surface area is 112 Å². The summed E-state index contributed by atoms with van der Waals surface area (Å²) in [4.78, 5) is 1.95. The van der Waals surface area contributed by atoms with E-state index in [2.05, 4.69) is 36.7 Å². The van der Waals surface area contributed by atoms with Gasteiger partial charge in [-0.05, 0) is 46.5 Å². The molecule has 102 valence electrons. The van der Waals surface area contributed by atoms with Gasteiger partial charge in [-0.1, -0.05) is 23.8 Å². The third-order valence-corrected chi connectivity index (χ3v) is 2.63. The molecule has 0 aromatic rings. The number of allylic oxidation sites excluding steroid dienone is 3. The van der Waals surface area contributed by atoms with Gasteiger partial charge in [-0.15, -0.1) is 5.10 Å². The van der Waals surface area contributed by atoms with Gasteiger partial charge in [0, 0.05) is 20.3 Å². The summed E-state index contributed by atoms with van der Waals surface area (Å²) >= 11 is 0. The monoisotopic (exact) mass is 249 g/mol. The van der Waals surface area contributed by atoms with Crippen molar-refractivity contribution in [3.8, 4) is 0 Å². The van der Waals surface area contributed by atoms with E-state index in [4.69, 9.17) is 0 Å². The first kappa shape index (κ1) is 16.6. The molecule has 3 heteroatoms. The van der Waals surface area contributed by atoms with Gasteiger partial charge < -0.3 is 4.90 Å². The molecule has 0 spiro atoms. The Bertz CT molecular complexity index is 336. The molecular weight excluding hydrogens is 222 g/mol. The highest BCUT2D eigenvalue weighted by atomic mass is 15.3. The first-order valence-electron chi connectivity index (χ1n) is 6.47. The predicted octanol–water partition coefficient (Wildman–Crippen LogP) is 4.04. The number of rotatable bonds is 7. The van der Waals surface area contributed by atoms with E-state index in [-0.39, 0.29) is 0 Å². The van der Waals surface area contributed by atoms with Gasteiger partial charge in [0.05, 0.1) is 0 Å². The van der Waals surface area contributed by atoms with E-state index in [9.17, 15) is 0 Å². The van der Waals surface area contributed by atoms with Gasteiger partial charge in [0.1, 0.15) is 5.84 Å². The highest BCUT2D eigenvalue weighted by molar-refractivity contribution is 5.79. The zero-order chi connectivity index (χ0) is 14.0. The molecule has 0 radical (unpaired) electrons. The maximum Gasteiger partial charge on any atom is 0.123 e. The van der Waals surface area contributed by atoms with Crippen molar-refractivity contribution in [3.05, 3.63) is 23.8 Å². The molecule has 0 bridgehead atoms. The second-order valence-electron chi connectivity index (χ2n) is 4.94. The Morgan fingerprint density at radius 3 is 2.44 bits per heavy atom. The largest absolute Gasteiger partial charge is 0.365 e. The van der Waals surface area contributed by atoms with E-state index in [1.165, 1.54) is 11.1 Å². The maximum atomic E-state index is 4.09. The van der Waals surface area contributed by atoms with Crippen LogP contribution in [-0.4, -0.2) is 31.0 Å². The normalized spacial score (nSPS) is 13.2. The fraction of sp³-hybridized carbons (Fsp3) is 0.600. The molecule has 0 fully saturated rings. The van der Waals surface area contributed by atoms with Crippen molar-refractivity contribution in [3.63, 3.8) is 0 Å². The second kappa shape index (κ2) is 9.63. The fourth-order valence-electron chi connectivity index (χ4n) is 1.19. The van der Waals surface area contributed by atoms with Crippen LogP contribution in [0, 0.1) is 0 Å². The summed E-state index contributed by atoms with van der Waals surface area (Å²) in [5.41, 5.74) is 2.64. The van der Waals surface area contributed by atoms with Gasteiger partial charge in [-0.3, -0.25) is 0 Å². The Balaban J connectivity index is 3.80. The molecule has 0 atom stereocenters. The van der Waals surface area contributed by atoms with Crippen molar-refractivity contribution in [2.24, 2.45) is 10.2 Å². The molecule has 0 aromatic carbocycles. The predicted molar refractivity (Wildman–Crippen MR) is 82.3 cm³/mol. The Kier molecular flexibility index (Phi) is 8.89. The zero-order valence-electron chi connectivity index (χ0n) is 12.5. The lowest BCUT2D eigenvalue weighted by atomic mass is 10.1. The Hall–Kier alpha value is -1.38. The summed E-state index contributed by atoms with van der Waals surface area (Å²) in [6.07, 6.45) is 8.36. The van der Waals surface area contributed by atoms with E-state index in [1.54, 1.807) is 0 Å². The van der Waals surface area contributed by atoms with Crippen molar-refractivity contribution < 1.29 is 0 Å². The van der Waals surface area contributed by atoms with Crippen molar-refractivity contribution in [2.45, 2.75) is 46.5 Å². The van der Waals surface area contributed by atoms with Crippen LogP contribution in [0.5, 0.6) is 0 Å². The van der Waals surface area contributed by atoms with Gasteiger partial charge in [-0.2, -0.15) is 5.10 Å². The molecule has 0 rings (SSSR count). The average Bonchev–Trinajstić information content (AvgIpc) is 2.30. The van der Waals surface area contributed by atoms with Crippen molar-refractivity contribution in [1.82, 2.24) is 4.90 Å². The lowest BCUT2D eigenvalue weighted by molar-refractivity contribution is 0.615. The minimum atomic E-state index is 0.920. The number of unbranched alkanes of at least 4 members (excludes halogenated alkanes) is 1. The van der Waals surface area contributed by atoms with Crippen LogP contribution in [0.25, 0.3) is 0 Å². The molecule has 18 heavy (non-hydrogen) atoms. The maximum absolute atomic E-state index is 4.09. The molecule has 0 aromatic heterocycles. The van der Waals surface area contributed by atoms with Crippen LogP contribution < -0.4 is 0 Å². The zero-order valence-corrected chi connectivity index (χ0v) is 12.5. The topological polar surface area (TPSA) is 28.0 Å². The average molecular weight is 249 g/mol. The molecule has 0 aliphatic carbocycles. The number of hydrogen-bond acceptors (Lipinski definition) is 2. The number of amidine groups is 1. The molecule has 0 saturated carbocycles. The summed E-state index contributed by atoms with van der Waals surface area (Å²) in [6.45, 7) is 10.1. The first-order valence-corrected chi connectivity index (χ1v) is 6.47. The van der Waals surface area contributed by atoms with Gasteiger partial charge in [0.25, 0.3) is 0 Å². The van der Waals surface area contributed by atoms with E-state index in [1.807, 2.05) is 32.1 Å². The molecule has 0 aliphatic heterocycles. The first-order chi connectivity index (χ1) is 8.43. The SMILES string of the molecule is C=C(C)C/C=C(\C)CCC/C=N/N=C(/C)N(C)C. The van der Waals surface area contributed by atoms with Crippen LogP contribution in [0.2, 0.25) is 0 Å². The van der Waals surface area contributed by atoms with Crippen LogP contribution in [0.15, 0.2) is 34.0 Å². The number of nitrogens with zero attached hydrogens (tertiary/aromatic N) is 3. The summed E-state index contributed by atoms with van der Waals surface area (Å²) in [5, 5.41) is 8.14. The van der Waals surface area contributed by atoms with E-state index in [0.29, 0.717) is 0 Å². The van der Waals surface area contributed by atoms with Crippen molar-refractivity contribution >= 4 is 12.1 Å². The van der Waals surface area contributed by atoms with Crippen LogP contribution in [0.1, 0.15) is 46.5 Å². The minimum Gasteiger partial charge on any atom is -0.365 e. The number of hydrogen-bond donors (Lipinski definition) is 0. The summed E-state index contributed by atoms with van der Waals surface area (Å²) in [7, 11) is 3.92. The highest BCUT2D eigenvalue weighted by Crippen LogP contribution is 2.09. The van der Waals surface area contributed by atoms with Gasteiger partial charge in [0.2, 0.25) is 0 Å². The van der Waals surface area contributed by atoms with Gasteiger partial charge in [-0.25, -0.2) is 0 Å². The van der Waals surface area contributed by atoms with Gasteiger partial charge in [0.15, 0.2) is 0 Å². The molecule has 0 amide bonds. The molecular formula is C15H27N3. The summed E-state index contributed by atoms with van der Waals surface area (Å²) in [5.74, 6) is 0.920. The lowest BCUT2D eigenvalue weighted by Crippen LogP contribution is -2.17. The Morgan fingerprint density at radius 2 is 1.89 bits per heavy atom. The fourth-order valence-corrected chi connectivity index (χ4v) is 1.19.